The van der Waals surface area contributed by atoms with Gasteiger partial charge >= 0.3 is 6.18 Å². The first-order valence-corrected chi connectivity index (χ1v) is 6.12. The number of nitrogens with two attached hydrogens (primary N) is 1. The van der Waals surface area contributed by atoms with Crippen LogP contribution in [0, 0.1) is 0 Å². The summed E-state index contributed by atoms with van der Waals surface area (Å²) in [6.45, 7) is 0.133. The van der Waals surface area contributed by atoms with Gasteiger partial charge in [0, 0.05) is 17.1 Å². The number of hydrogen-bond acceptors (Lipinski definition) is 2. The Balaban J connectivity index is 2.34. The Morgan fingerprint density at radius 2 is 1.80 bits per heavy atom. The minimum Gasteiger partial charge on any atom is -0.457 e. The molecule has 0 bridgehead atoms. The molecule has 0 fully saturated rings. The van der Waals surface area contributed by atoms with Gasteiger partial charge in [0.25, 0.3) is 0 Å². The zero-order valence-corrected chi connectivity index (χ0v) is 11.0. The van der Waals surface area contributed by atoms with Crippen LogP contribution in [0.25, 0.3) is 0 Å². The van der Waals surface area contributed by atoms with E-state index in [4.69, 9.17) is 22.1 Å². The maximum absolute atomic E-state index is 12.6. The lowest BCUT2D eigenvalue weighted by Gasteiger charge is -2.13. The van der Waals surface area contributed by atoms with Gasteiger partial charge in [0.05, 0.1) is 5.56 Å². The third kappa shape index (κ3) is 3.23. The summed E-state index contributed by atoms with van der Waals surface area (Å²) < 4.78 is 43.3. The van der Waals surface area contributed by atoms with Crippen LogP contribution in [0.2, 0.25) is 5.02 Å². The van der Waals surface area contributed by atoms with Crippen LogP contribution in [-0.4, -0.2) is 0 Å². The minimum atomic E-state index is -4.41. The van der Waals surface area contributed by atoms with Crippen molar-refractivity contribution in [2.24, 2.45) is 5.73 Å². The standard InChI is InChI=1S/C14H11ClF3NO/c15-12-5-2-6-13(11(12)8-19)20-10-4-1-3-9(7-10)14(16,17)18/h1-7H,8,19H2. The Morgan fingerprint density at radius 1 is 1.10 bits per heavy atom. The van der Waals surface area contributed by atoms with Crippen molar-refractivity contribution in [3.8, 4) is 11.5 Å². The fourth-order valence-electron chi connectivity index (χ4n) is 1.70. The number of benzene rings is 2. The molecule has 0 spiro atoms. The first kappa shape index (κ1) is 14.7. The van der Waals surface area contributed by atoms with Crippen LogP contribution in [0.3, 0.4) is 0 Å². The molecule has 6 heteroatoms. The Bertz CT molecular complexity index is 614. The van der Waals surface area contributed by atoms with Gasteiger partial charge in [-0.1, -0.05) is 23.7 Å². The summed E-state index contributed by atoms with van der Waals surface area (Å²) in [5.74, 6) is 0.427. The molecular weight excluding hydrogens is 291 g/mol. The second-order valence-electron chi connectivity index (χ2n) is 4.05. The zero-order valence-electron chi connectivity index (χ0n) is 10.2. The van der Waals surface area contributed by atoms with Crippen molar-refractivity contribution in [3.05, 3.63) is 58.6 Å². The van der Waals surface area contributed by atoms with Crippen LogP contribution in [0.1, 0.15) is 11.1 Å². The average molecular weight is 302 g/mol. The molecule has 0 saturated heterocycles. The molecule has 2 N–H and O–H groups in total. The van der Waals surface area contributed by atoms with Gasteiger partial charge in [-0.15, -0.1) is 0 Å². The molecule has 0 unspecified atom stereocenters. The lowest BCUT2D eigenvalue weighted by molar-refractivity contribution is -0.137. The van der Waals surface area contributed by atoms with Gasteiger partial charge in [-0.05, 0) is 30.3 Å². The summed E-state index contributed by atoms with van der Waals surface area (Å²) in [5.41, 5.74) is 5.34. The number of ether oxygens (including phenoxy) is 1. The third-order valence-electron chi connectivity index (χ3n) is 2.67. The summed E-state index contributed by atoms with van der Waals surface area (Å²) in [4.78, 5) is 0. The molecular formula is C14H11ClF3NO. The van der Waals surface area contributed by atoms with Crippen LogP contribution in [-0.2, 0) is 12.7 Å². The molecule has 0 radical (unpaired) electrons. The topological polar surface area (TPSA) is 35.2 Å². The van der Waals surface area contributed by atoms with E-state index >= 15 is 0 Å². The van der Waals surface area contributed by atoms with Crippen molar-refractivity contribution in [2.45, 2.75) is 12.7 Å². The molecule has 2 aromatic carbocycles. The van der Waals surface area contributed by atoms with E-state index in [1.165, 1.54) is 12.1 Å². The zero-order chi connectivity index (χ0) is 14.8. The second-order valence-corrected chi connectivity index (χ2v) is 4.46. The predicted molar refractivity (Wildman–Crippen MR) is 70.9 cm³/mol. The van der Waals surface area contributed by atoms with E-state index in [1.54, 1.807) is 18.2 Å². The monoisotopic (exact) mass is 301 g/mol. The second kappa shape index (κ2) is 5.73. The molecule has 0 saturated carbocycles. The Labute approximate surface area is 118 Å². The Hall–Kier alpha value is -1.72. The molecule has 106 valence electrons. The van der Waals surface area contributed by atoms with Crippen LogP contribution in [0.5, 0.6) is 11.5 Å². The normalized spacial score (nSPS) is 11.4. The first-order valence-electron chi connectivity index (χ1n) is 5.74. The molecule has 20 heavy (non-hydrogen) atoms. The van der Waals surface area contributed by atoms with Crippen molar-refractivity contribution in [3.63, 3.8) is 0 Å². The Morgan fingerprint density at radius 3 is 2.45 bits per heavy atom. The van der Waals surface area contributed by atoms with Crippen molar-refractivity contribution >= 4 is 11.6 Å². The van der Waals surface area contributed by atoms with Crippen molar-refractivity contribution in [1.29, 1.82) is 0 Å². The van der Waals surface area contributed by atoms with E-state index in [1.807, 2.05) is 0 Å². The highest BCUT2D eigenvalue weighted by atomic mass is 35.5. The molecule has 0 aliphatic rings. The summed E-state index contributed by atoms with van der Waals surface area (Å²) in [6.07, 6.45) is -4.41. The van der Waals surface area contributed by atoms with E-state index in [0.717, 1.165) is 12.1 Å². The van der Waals surface area contributed by atoms with Gasteiger partial charge in [-0.3, -0.25) is 0 Å². The van der Waals surface area contributed by atoms with Crippen LogP contribution < -0.4 is 10.5 Å². The van der Waals surface area contributed by atoms with Gasteiger partial charge in [-0.2, -0.15) is 13.2 Å². The van der Waals surface area contributed by atoms with E-state index in [2.05, 4.69) is 0 Å². The lowest BCUT2D eigenvalue weighted by atomic mass is 10.2. The highest BCUT2D eigenvalue weighted by Gasteiger charge is 2.30. The summed E-state index contributed by atoms with van der Waals surface area (Å²) in [7, 11) is 0. The molecule has 2 nitrogen and oxygen atoms in total. The molecule has 0 heterocycles. The summed E-state index contributed by atoms with van der Waals surface area (Å²) in [6, 6.07) is 9.53. The molecule has 0 aliphatic heterocycles. The van der Waals surface area contributed by atoms with E-state index < -0.39 is 11.7 Å². The maximum atomic E-state index is 12.6. The van der Waals surface area contributed by atoms with E-state index in [0.29, 0.717) is 16.3 Å². The molecule has 0 amide bonds. The quantitative estimate of drug-likeness (QED) is 0.898. The van der Waals surface area contributed by atoms with Crippen LogP contribution in [0.4, 0.5) is 13.2 Å². The van der Waals surface area contributed by atoms with Crippen LogP contribution >= 0.6 is 11.6 Å². The highest BCUT2D eigenvalue weighted by molar-refractivity contribution is 6.31. The lowest BCUT2D eigenvalue weighted by Crippen LogP contribution is -2.05. The van der Waals surface area contributed by atoms with Gasteiger partial charge < -0.3 is 10.5 Å². The van der Waals surface area contributed by atoms with E-state index in [-0.39, 0.29) is 12.3 Å². The fraction of sp³-hybridized carbons (Fsp3) is 0.143. The maximum Gasteiger partial charge on any atom is 0.416 e. The average Bonchev–Trinajstić information content (AvgIpc) is 2.38. The minimum absolute atomic E-state index is 0.0804. The molecule has 2 aromatic rings. The molecule has 0 aliphatic carbocycles. The smallest absolute Gasteiger partial charge is 0.416 e. The fourth-order valence-corrected chi connectivity index (χ4v) is 1.94. The predicted octanol–water partition coefficient (Wildman–Crippen LogP) is 4.61. The highest BCUT2D eigenvalue weighted by Crippen LogP contribution is 2.34. The van der Waals surface area contributed by atoms with Crippen molar-refractivity contribution in [1.82, 2.24) is 0 Å². The number of halogens is 4. The first-order chi connectivity index (χ1) is 9.41. The number of alkyl halides is 3. The van der Waals surface area contributed by atoms with Gasteiger partial charge in [0.1, 0.15) is 11.5 Å². The van der Waals surface area contributed by atoms with E-state index in [9.17, 15) is 13.2 Å². The van der Waals surface area contributed by atoms with Gasteiger partial charge in [-0.25, -0.2) is 0 Å². The third-order valence-corrected chi connectivity index (χ3v) is 3.02. The SMILES string of the molecule is NCc1c(Cl)cccc1Oc1cccc(C(F)(F)F)c1. The van der Waals surface area contributed by atoms with Gasteiger partial charge in [0.15, 0.2) is 0 Å². The summed E-state index contributed by atoms with van der Waals surface area (Å²) in [5, 5.41) is 0.414. The van der Waals surface area contributed by atoms with Crippen molar-refractivity contribution < 1.29 is 17.9 Å². The van der Waals surface area contributed by atoms with Gasteiger partial charge in [0.2, 0.25) is 0 Å². The number of hydrogen-bond donors (Lipinski definition) is 1. The molecule has 0 aromatic heterocycles. The Kier molecular flexibility index (Phi) is 4.20. The summed E-state index contributed by atoms with van der Waals surface area (Å²) >= 11 is 5.96. The van der Waals surface area contributed by atoms with Crippen LogP contribution in [0.15, 0.2) is 42.5 Å². The largest absolute Gasteiger partial charge is 0.457 e. The number of rotatable bonds is 3. The molecule has 0 atom stereocenters. The van der Waals surface area contributed by atoms with Crippen molar-refractivity contribution in [2.75, 3.05) is 0 Å². The molecule has 2 rings (SSSR count).